The van der Waals surface area contributed by atoms with Gasteiger partial charge in [0.1, 0.15) is 17.1 Å². The summed E-state index contributed by atoms with van der Waals surface area (Å²) >= 11 is 0. The molecule has 0 amide bonds. The molecule has 0 radical (unpaired) electrons. The lowest BCUT2D eigenvalue weighted by molar-refractivity contribution is 0.0512. The minimum atomic E-state index is -2.84. The molecule has 2 rings (SSSR count). The monoisotopic (exact) mass is 272 g/mol. The summed E-state index contributed by atoms with van der Waals surface area (Å²) in [7, 11) is 0. The van der Waals surface area contributed by atoms with E-state index in [1.165, 1.54) is 0 Å². The molecule has 1 aliphatic rings. The maximum Gasteiger partial charge on any atom is 0.341 e. The van der Waals surface area contributed by atoms with Gasteiger partial charge in [0.05, 0.1) is 13.2 Å². The first kappa shape index (κ1) is 13.8. The van der Waals surface area contributed by atoms with Crippen LogP contribution in [0.25, 0.3) is 0 Å². The maximum absolute atomic E-state index is 13.0. The Bertz CT molecular complexity index is 462. The van der Waals surface area contributed by atoms with Crippen LogP contribution in [0.15, 0.2) is 6.20 Å². The van der Waals surface area contributed by atoms with Gasteiger partial charge in [0.15, 0.2) is 0 Å². The first-order valence-corrected chi connectivity index (χ1v) is 6.03. The fourth-order valence-corrected chi connectivity index (χ4v) is 1.88. The molecule has 0 spiro atoms. The van der Waals surface area contributed by atoms with Crippen LogP contribution in [0.2, 0.25) is 0 Å². The summed E-state index contributed by atoms with van der Waals surface area (Å²) in [4.78, 5) is 19.3. The van der Waals surface area contributed by atoms with Gasteiger partial charge in [-0.15, -0.1) is 0 Å². The fourth-order valence-electron chi connectivity index (χ4n) is 1.88. The van der Waals surface area contributed by atoms with Crippen molar-refractivity contribution in [2.45, 2.75) is 25.7 Å². The van der Waals surface area contributed by atoms with Crippen molar-refractivity contribution in [3.63, 3.8) is 0 Å². The number of halogens is 2. The van der Waals surface area contributed by atoms with Gasteiger partial charge in [-0.2, -0.15) is 0 Å². The van der Waals surface area contributed by atoms with Gasteiger partial charge in [-0.25, -0.2) is 23.5 Å². The molecular weight excluding hydrogens is 258 g/mol. The highest BCUT2D eigenvalue weighted by Crippen LogP contribution is 2.26. The van der Waals surface area contributed by atoms with Crippen LogP contribution < -0.4 is 0 Å². The second kappa shape index (κ2) is 6.01. The molecule has 1 aromatic rings. The Morgan fingerprint density at radius 3 is 3.00 bits per heavy atom. The van der Waals surface area contributed by atoms with Gasteiger partial charge < -0.3 is 9.47 Å². The van der Waals surface area contributed by atoms with Crippen molar-refractivity contribution >= 4 is 5.97 Å². The molecule has 0 aromatic carbocycles. The average Bonchev–Trinajstić information content (AvgIpc) is 2.92. The van der Waals surface area contributed by atoms with Gasteiger partial charge in [0.2, 0.25) is 0 Å². The highest BCUT2D eigenvalue weighted by molar-refractivity contribution is 5.90. The molecule has 0 aliphatic carbocycles. The zero-order chi connectivity index (χ0) is 13.8. The van der Waals surface area contributed by atoms with Crippen LogP contribution in [-0.2, 0) is 9.47 Å². The predicted octanol–water partition coefficient (Wildman–Crippen LogP) is 2.09. The summed E-state index contributed by atoms with van der Waals surface area (Å²) in [5, 5.41) is 0. The second-order valence-corrected chi connectivity index (χ2v) is 4.11. The number of esters is 1. The molecule has 0 saturated carbocycles. The van der Waals surface area contributed by atoms with E-state index in [9.17, 15) is 13.6 Å². The smallest absolute Gasteiger partial charge is 0.341 e. The van der Waals surface area contributed by atoms with Gasteiger partial charge in [-0.05, 0) is 13.3 Å². The third kappa shape index (κ3) is 3.04. The summed E-state index contributed by atoms with van der Waals surface area (Å²) in [6.45, 7) is 2.70. The number of aromatic nitrogens is 2. The zero-order valence-electron chi connectivity index (χ0n) is 10.4. The summed E-state index contributed by atoms with van der Waals surface area (Å²) < 4.78 is 35.8. The van der Waals surface area contributed by atoms with Crippen LogP contribution in [0, 0.1) is 0 Å². The first-order valence-electron chi connectivity index (χ1n) is 6.03. The molecule has 1 fully saturated rings. The Morgan fingerprint density at radius 2 is 2.42 bits per heavy atom. The van der Waals surface area contributed by atoms with Gasteiger partial charge in [0.25, 0.3) is 6.43 Å². The standard InChI is InChI=1S/C12H14F2N2O3/c1-2-19-12(17)8-5-15-11(7-3-4-18-6-7)16-9(8)10(13)14/h5,7,10H,2-4,6H2,1H3. The van der Waals surface area contributed by atoms with Crippen LogP contribution in [-0.4, -0.2) is 35.8 Å². The first-order chi connectivity index (χ1) is 9.13. The van der Waals surface area contributed by atoms with Gasteiger partial charge in [-0.3, -0.25) is 0 Å². The Balaban J connectivity index is 2.31. The Hall–Kier alpha value is -1.63. The number of hydrogen-bond donors (Lipinski definition) is 0. The summed E-state index contributed by atoms with van der Waals surface area (Å²) in [5.41, 5.74) is -0.852. The second-order valence-electron chi connectivity index (χ2n) is 4.11. The molecule has 1 unspecified atom stereocenters. The van der Waals surface area contributed by atoms with Crippen LogP contribution in [0.5, 0.6) is 0 Å². The zero-order valence-corrected chi connectivity index (χ0v) is 10.4. The Morgan fingerprint density at radius 1 is 1.63 bits per heavy atom. The minimum Gasteiger partial charge on any atom is -0.462 e. The van der Waals surface area contributed by atoms with E-state index in [0.29, 0.717) is 25.5 Å². The van der Waals surface area contributed by atoms with Crippen molar-refractivity contribution in [1.82, 2.24) is 9.97 Å². The minimum absolute atomic E-state index is 0.0891. The third-order valence-electron chi connectivity index (χ3n) is 2.83. The Labute approximate surface area is 109 Å². The van der Waals surface area contributed by atoms with E-state index in [0.717, 1.165) is 6.20 Å². The molecule has 1 aromatic heterocycles. The largest absolute Gasteiger partial charge is 0.462 e. The van der Waals surface area contributed by atoms with Crippen molar-refractivity contribution < 1.29 is 23.0 Å². The van der Waals surface area contributed by atoms with Crippen molar-refractivity contribution in [2.24, 2.45) is 0 Å². The van der Waals surface area contributed by atoms with Gasteiger partial charge >= 0.3 is 5.97 Å². The number of rotatable bonds is 4. The number of alkyl halides is 2. The van der Waals surface area contributed by atoms with Crippen LogP contribution >= 0.6 is 0 Å². The van der Waals surface area contributed by atoms with Crippen molar-refractivity contribution in [3.05, 3.63) is 23.3 Å². The van der Waals surface area contributed by atoms with Crippen molar-refractivity contribution in [3.8, 4) is 0 Å². The summed E-state index contributed by atoms with van der Waals surface area (Å²) in [6.07, 6.45) is -1.04. The lowest BCUT2D eigenvalue weighted by atomic mass is 10.1. The number of carbonyl (C=O) groups is 1. The molecule has 104 valence electrons. The number of nitrogens with zero attached hydrogens (tertiary/aromatic N) is 2. The normalized spacial score (nSPS) is 18.8. The average molecular weight is 272 g/mol. The van der Waals surface area contributed by atoms with E-state index < -0.39 is 18.1 Å². The van der Waals surface area contributed by atoms with Gasteiger partial charge in [-0.1, -0.05) is 0 Å². The van der Waals surface area contributed by atoms with E-state index in [-0.39, 0.29) is 18.1 Å². The maximum atomic E-state index is 13.0. The van der Waals surface area contributed by atoms with Crippen LogP contribution in [0.4, 0.5) is 8.78 Å². The molecule has 1 saturated heterocycles. The van der Waals surface area contributed by atoms with E-state index >= 15 is 0 Å². The molecule has 0 N–H and O–H groups in total. The fraction of sp³-hybridized carbons (Fsp3) is 0.583. The highest BCUT2D eigenvalue weighted by atomic mass is 19.3. The van der Waals surface area contributed by atoms with Crippen molar-refractivity contribution in [1.29, 1.82) is 0 Å². The summed E-state index contributed by atoms with van der Waals surface area (Å²) in [6, 6.07) is 0. The predicted molar refractivity (Wildman–Crippen MR) is 61.1 cm³/mol. The quantitative estimate of drug-likeness (QED) is 0.785. The van der Waals surface area contributed by atoms with E-state index in [2.05, 4.69) is 9.97 Å². The molecule has 1 atom stereocenters. The molecule has 2 heterocycles. The molecule has 7 heteroatoms. The van der Waals surface area contributed by atoms with E-state index in [1.54, 1.807) is 6.92 Å². The SMILES string of the molecule is CCOC(=O)c1cnc(C2CCOC2)nc1C(F)F. The molecule has 5 nitrogen and oxygen atoms in total. The Kier molecular flexibility index (Phi) is 4.36. The van der Waals surface area contributed by atoms with Crippen LogP contribution in [0.3, 0.4) is 0 Å². The third-order valence-corrected chi connectivity index (χ3v) is 2.83. The number of ether oxygens (including phenoxy) is 2. The van der Waals surface area contributed by atoms with Gasteiger partial charge in [0, 0.05) is 18.7 Å². The highest BCUT2D eigenvalue weighted by Gasteiger charge is 2.26. The number of hydrogen-bond acceptors (Lipinski definition) is 5. The lowest BCUT2D eigenvalue weighted by Crippen LogP contribution is -2.14. The lowest BCUT2D eigenvalue weighted by Gasteiger charge is -2.11. The molecule has 1 aliphatic heterocycles. The molecular formula is C12H14F2N2O3. The van der Waals surface area contributed by atoms with E-state index in [1.807, 2.05) is 0 Å². The molecule has 19 heavy (non-hydrogen) atoms. The van der Waals surface area contributed by atoms with E-state index in [4.69, 9.17) is 9.47 Å². The van der Waals surface area contributed by atoms with Crippen LogP contribution in [0.1, 0.15) is 47.6 Å². The van der Waals surface area contributed by atoms with Crippen molar-refractivity contribution in [2.75, 3.05) is 19.8 Å². The molecule has 0 bridgehead atoms. The number of carbonyl (C=O) groups excluding carboxylic acids is 1. The summed E-state index contributed by atoms with van der Waals surface area (Å²) in [5.74, 6) is -0.624. The topological polar surface area (TPSA) is 61.3 Å².